The summed E-state index contributed by atoms with van der Waals surface area (Å²) in [5.74, 6) is -1.29. The van der Waals surface area contributed by atoms with E-state index in [9.17, 15) is 9.59 Å². The zero-order valence-corrected chi connectivity index (χ0v) is 8.48. The predicted molar refractivity (Wildman–Crippen MR) is 49.7 cm³/mol. The quantitative estimate of drug-likeness (QED) is 0.328. The maximum absolute atomic E-state index is 10.9. The largest absolute Gasteiger partial charge is 0.428 e. The van der Waals surface area contributed by atoms with E-state index in [2.05, 4.69) is 9.47 Å². The zero-order valence-electron chi connectivity index (χ0n) is 8.48. The van der Waals surface area contributed by atoms with Crippen LogP contribution in [0.25, 0.3) is 0 Å². The van der Waals surface area contributed by atoms with Crippen LogP contribution >= 0.6 is 0 Å². The molecule has 0 atom stereocenters. The minimum Gasteiger partial charge on any atom is -0.428 e. The normalized spacial score (nSPS) is 9.73. The van der Waals surface area contributed by atoms with Gasteiger partial charge in [-0.05, 0) is 12.8 Å². The molecule has 2 N–H and O–H groups in total. The van der Waals surface area contributed by atoms with Gasteiger partial charge in [0, 0.05) is 13.0 Å². The Labute approximate surface area is 87.8 Å². The molecule has 0 aliphatic carbocycles. The van der Waals surface area contributed by atoms with E-state index in [-0.39, 0.29) is 13.0 Å². The van der Waals surface area contributed by atoms with E-state index in [1.807, 2.05) is 0 Å². The lowest BCUT2D eigenvalue weighted by molar-refractivity contribution is -0.169. The van der Waals surface area contributed by atoms with E-state index in [1.54, 1.807) is 0 Å². The minimum atomic E-state index is -0.830. The topological polar surface area (TPSA) is 93.1 Å². The molecular weight excluding hydrogens is 204 g/mol. The molecule has 0 saturated carbocycles. The Morgan fingerprint density at radius 2 is 1.60 bits per heavy atom. The van der Waals surface area contributed by atoms with Crippen molar-refractivity contribution in [2.24, 2.45) is 0 Å². The average Bonchev–Trinajstić information content (AvgIpc) is 2.24. The molecule has 0 rings (SSSR count). The SMILES string of the molecule is O=C(CO)OCOC(=O)CCCCCO. The molecule has 0 aliphatic heterocycles. The van der Waals surface area contributed by atoms with Crippen LogP contribution in [0.1, 0.15) is 25.7 Å². The van der Waals surface area contributed by atoms with Gasteiger partial charge in [-0.3, -0.25) is 4.79 Å². The second-order valence-electron chi connectivity index (χ2n) is 2.84. The lowest BCUT2D eigenvalue weighted by Crippen LogP contribution is -2.14. The lowest BCUT2D eigenvalue weighted by Gasteiger charge is -2.04. The lowest BCUT2D eigenvalue weighted by atomic mass is 10.2. The fraction of sp³-hybridized carbons (Fsp3) is 0.778. The molecule has 0 heterocycles. The molecule has 0 amide bonds. The number of hydrogen-bond donors (Lipinski definition) is 2. The Morgan fingerprint density at radius 3 is 2.20 bits per heavy atom. The van der Waals surface area contributed by atoms with Gasteiger partial charge >= 0.3 is 11.9 Å². The van der Waals surface area contributed by atoms with Gasteiger partial charge in [-0.2, -0.15) is 0 Å². The van der Waals surface area contributed by atoms with Crippen LogP contribution in [0, 0.1) is 0 Å². The second kappa shape index (κ2) is 9.42. The molecule has 0 aromatic rings. The van der Waals surface area contributed by atoms with Crippen LogP contribution in [0.3, 0.4) is 0 Å². The molecule has 0 aliphatic rings. The molecule has 6 heteroatoms. The highest BCUT2D eigenvalue weighted by Crippen LogP contribution is 2.00. The van der Waals surface area contributed by atoms with E-state index >= 15 is 0 Å². The third-order valence-electron chi connectivity index (χ3n) is 1.61. The summed E-state index contributed by atoms with van der Waals surface area (Å²) in [5, 5.41) is 16.7. The van der Waals surface area contributed by atoms with Gasteiger partial charge in [-0.25, -0.2) is 4.79 Å². The van der Waals surface area contributed by atoms with E-state index in [1.165, 1.54) is 0 Å². The number of aliphatic hydroxyl groups is 2. The predicted octanol–water partition coefficient (Wildman–Crippen LogP) is -0.425. The van der Waals surface area contributed by atoms with Crippen molar-refractivity contribution in [2.45, 2.75) is 25.7 Å². The standard InChI is InChI=1S/C9H16O6/c10-5-3-1-2-4-8(12)14-7-15-9(13)6-11/h10-11H,1-7H2. The van der Waals surface area contributed by atoms with Crippen molar-refractivity contribution in [1.82, 2.24) is 0 Å². The first-order valence-electron chi connectivity index (χ1n) is 4.73. The van der Waals surface area contributed by atoms with Crippen LogP contribution in [-0.2, 0) is 19.1 Å². The number of hydrogen-bond acceptors (Lipinski definition) is 6. The van der Waals surface area contributed by atoms with E-state index < -0.39 is 25.3 Å². The Hall–Kier alpha value is -1.14. The molecule has 6 nitrogen and oxygen atoms in total. The van der Waals surface area contributed by atoms with Crippen LogP contribution in [0.15, 0.2) is 0 Å². The van der Waals surface area contributed by atoms with E-state index in [0.29, 0.717) is 12.8 Å². The summed E-state index contributed by atoms with van der Waals surface area (Å²) in [6.45, 7) is -1.07. The van der Waals surface area contributed by atoms with Crippen LogP contribution in [0.2, 0.25) is 0 Å². The molecular formula is C9H16O6. The van der Waals surface area contributed by atoms with Crippen molar-refractivity contribution in [1.29, 1.82) is 0 Å². The van der Waals surface area contributed by atoms with Gasteiger partial charge in [0.25, 0.3) is 0 Å². The third-order valence-corrected chi connectivity index (χ3v) is 1.61. The maximum Gasteiger partial charge on any atom is 0.334 e. The zero-order chi connectivity index (χ0) is 11.5. The molecule has 0 saturated heterocycles. The number of unbranched alkanes of at least 4 members (excludes halogenated alkanes) is 2. The highest BCUT2D eigenvalue weighted by Gasteiger charge is 2.04. The Bertz CT molecular complexity index is 191. The highest BCUT2D eigenvalue weighted by molar-refractivity contribution is 5.71. The molecule has 0 fully saturated rings. The van der Waals surface area contributed by atoms with E-state index in [4.69, 9.17) is 10.2 Å². The number of carbonyl (C=O) groups excluding carboxylic acids is 2. The van der Waals surface area contributed by atoms with Crippen LogP contribution in [0.5, 0.6) is 0 Å². The number of rotatable bonds is 8. The summed E-state index contributed by atoms with van der Waals surface area (Å²) in [7, 11) is 0. The number of carbonyl (C=O) groups is 2. The first-order chi connectivity index (χ1) is 7.20. The molecule has 0 spiro atoms. The van der Waals surface area contributed by atoms with Gasteiger partial charge in [-0.1, -0.05) is 6.42 Å². The molecule has 88 valence electrons. The van der Waals surface area contributed by atoms with Gasteiger partial charge in [0.15, 0.2) is 0 Å². The Balaban J connectivity index is 3.29. The minimum absolute atomic E-state index is 0.114. The first-order valence-corrected chi connectivity index (χ1v) is 4.73. The van der Waals surface area contributed by atoms with Crippen LogP contribution in [0.4, 0.5) is 0 Å². The summed E-state index contributed by atoms with van der Waals surface area (Å²) in [4.78, 5) is 21.3. The first kappa shape index (κ1) is 13.9. The molecule has 0 bridgehead atoms. The van der Waals surface area contributed by atoms with Gasteiger partial charge in [-0.15, -0.1) is 0 Å². The summed E-state index contributed by atoms with van der Waals surface area (Å²) in [6, 6.07) is 0. The molecule has 0 radical (unpaired) electrons. The van der Waals surface area contributed by atoms with Gasteiger partial charge < -0.3 is 19.7 Å². The monoisotopic (exact) mass is 220 g/mol. The van der Waals surface area contributed by atoms with Gasteiger partial charge in [0.05, 0.1) is 0 Å². The van der Waals surface area contributed by atoms with Gasteiger partial charge in [0.2, 0.25) is 6.79 Å². The van der Waals surface area contributed by atoms with Crippen molar-refractivity contribution in [3.8, 4) is 0 Å². The summed E-state index contributed by atoms with van der Waals surface area (Å²) < 4.78 is 8.86. The molecule has 0 unspecified atom stereocenters. The Morgan fingerprint density at radius 1 is 0.933 bits per heavy atom. The average molecular weight is 220 g/mol. The summed E-state index contributed by atoms with van der Waals surface area (Å²) >= 11 is 0. The van der Waals surface area contributed by atoms with Crippen molar-refractivity contribution in [3.05, 3.63) is 0 Å². The van der Waals surface area contributed by atoms with Crippen molar-refractivity contribution in [3.63, 3.8) is 0 Å². The van der Waals surface area contributed by atoms with Crippen LogP contribution < -0.4 is 0 Å². The van der Waals surface area contributed by atoms with Gasteiger partial charge in [0.1, 0.15) is 6.61 Å². The van der Waals surface area contributed by atoms with Crippen molar-refractivity contribution in [2.75, 3.05) is 20.0 Å². The summed E-state index contributed by atoms with van der Waals surface area (Å²) in [5.41, 5.74) is 0. The second-order valence-corrected chi connectivity index (χ2v) is 2.84. The summed E-state index contributed by atoms with van der Waals surface area (Å²) in [6.07, 6.45) is 2.28. The van der Waals surface area contributed by atoms with Crippen molar-refractivity contribution >= 4 is 11.9 Å². The van der Waals surface area contributed by atoms with Crippen molar-refractivity contribution < 1.29 is 29.3 Å². The fourth-order valence-electron chi connectivity index (χ4n) is 0.837. The van der Waals surface area contributed by atoms with Crippen LogP contribution in [-0.4, -0.2) is 42.2 Å². The van der Waals surface area contributed by atoms with E-state index in [0.717, 1.165) is 6.42 Å². The maximum atomic E-state index is 10.9. The Kier molecular flexibility index (Phi) is 8.70. The number of esters is 2. The number of ether oxygens (including phenoxy) is 2. The third kappa shape index (κ3) is 9.17. The highest BCUT2D eigenvalue weighted by atomic mass is 16.7. The molecule has 0 aromatic heterocycles. The smallest absolute Gasteiger partial charge is 0.334 e. The fourth-order valence-corrected chi connectivity index (χ4v) is 0.837. The number of aliphatic hydroxyl groups excluding tert-OH is 2. The molecule has 15 heavy (non-hydrogen) atoms. The molecule has 0 aromatic carbocycles.